The van der Waals surface area contributed by atoms with Crippen LogP contribution in [0.1, 0.15) is 50.9 Å². The van der Waals surface area contributed by atoms with Gasteiger partial charge in [0.05, 0.1) is 12.2 Å². The number of anilines is 1. The third-order valence-electron chi connectivity index (χ3n) is 8.02. The first-order chi connectivity index (χ1) is 17.6. The topological polar surface area (TPSA) is 68.8 Å². The molecule has 37 heavy (non-hydrogen) atoms. The van der Waals surface area contributed by atoms with Gasteiger partial charge in [0.15, 0.2) is 0 Å². The fourth-order valence-electron chi connectivity index (χ4n) is 5.99. The zero-order valence-corrected chi connectivity index (χ0v) is 22.3. The second kappa shape index (κ2) is 10.1. The Bertz CT molecular complexity index is 1170. The van der Waals surface area contributed by atoms with Gasteiger partial charge >= 0.3 is 0 Å². The lowest BCUT2D eigenvalue weighted by atomic mass is 9.88. The van der Waals surface area contributed by atoms with Crippen molar-refractivity contribution in [3.63, 3.8) is 0 Å². The zero-order valence-electron chi connectivity index (χ0n) is 22.3. The highest BCUT2D eigenvalue weighted by atomic mass is 19.1. The normalized spacial score (nSPS) is 25.5. The minimum absolute atomic E-state index is 0.0750. The van der Waals surface area contributed by atoms with Crippen molar-refractivity contribution in [1.82, 2.24) is 20.1 Å². The Morgan fingerprint density at radius 1 is 1.19 bits per heavy atom. The molecule has 5 rings (SSSR count). The predicted molar refractivity (Wildman–Crippen MR) is 142 cm³/mol. The number of pyridine rings is 1. The number of fused-ring (bicyclic) bond motifs is 1. The van der Waals surface area contributed by atoms with Gasteiger partial charge in [-0.1, -0.05) is 32.9 Å². The maximum Gasteiger partial charge on any atom is 0.241 e. The molecule has 4 heterocycles. The first-order valence-corrected chi connectivity index (χ1v) is 13.4. The average Bonchev–Trinajstić information content (AvgIpc) is 3.30. The van der Waals surface area contributed by atoms with Crippen LogP contribution in [0, 0.1) is 11.7 Å². The molecule has 3 atom stereocenters. The first-order valence-electron chi connectivity index (χ1n) is 13.4. The lowest BCUT2D eigenvalue weighted by Gasteiger charge is -2.41. The monoisotopic (exact) mass is 507 g/mol. The molecule has 7 nitrogen and oxygen atoms in total. The summed E-state index contributed by atoms with van der Waals surface area (Å²) in [6, 6.07) is 8.88. The summed E-state index contributed by atoms with van der Waals surface area (Å²) in [4.78, 5) is 37.0. The second-order valence-electron chi connectivity index (χ2n) is 11.9. The third-order valence-corrected chi connectivity index (χ3v) is 8.02. The number of benzene rings is 1. The number of aromatic nitrogens is 1. The Balaban J connectivity index is 1.33. The van der Waals surface area contributed by atoms with Gasteiger partial charge in [-0.25, -0.2) is 4.39 Å². The van der Waals surface area contributed by atoms with E-state index in [4.69, 9.17) is 0 Å². The summed E-state index contributed by atoms with van der Waals surface area (Å²) in [5.41, 5.74) is 3.64. The summed E-state index contributed by atoms with van der Waals surface area (Å²) in [5, 5.41) is 3.53. The van der Waals surface area contributed by atoms with Gasteiger partial charge in [-0.15, -0.1) is 0 Å². The highest BCUT2D eigenvalue weighted by molar-refractivity contribution is 5.97. The molecule has 0 aliphatic carbocycles. The van der Waals surface area contributed by atoms with Gasteiger partial charge in [-0.3, -0.25) is 19.5 Å². The van der Waals surface area contributed by atoms with Crippen molar-refractivity contribution in [1.29, 1.82) is 0 Å². The molecule has 0 unspecified atom stereocenters. The number of halogens is 1. The van der Waals surface area contributed by atoms with E-state index in [1.54, 1.807) is 12.1 Å². The van der Waals surface area contributed by atoms with E-state index in [1.165, 1.54) is 12.1 Å². The Hall–Kier alpha value is -2.84. The number of carbonyl (C=O) groups excluding carboxylic acids is 2. The molecule has 3 aliphatic rings. The van der Waals surface area contributed by atoms with Gasteiger partial charge in [0.1, 0.15) is 5.82 Å². The minimum Gasteiger partial charge on any atom is -0.341 e. The summed E-state index contributed by atoms with van der Waals surface area (Å²) in [5.74, 6) is 0.423. The van der Waals surface area contributed by atoms with Crippen molar-refractivity contribution < 1.29 is 14.0 Å². The lowest BCUT2D eigenvalue weighted by Crippen LogP contribution is -2.61. The molecule has 1 N–H and O–H groups in total. The van der Waals surface area contributed by atoms with Crippen LogP contribution in [0.5, 0.6) is 0 Å². The van der Waals surface area contributed by atoms with Gasteiger partial charge in [0.25, 0.3) is 0 Å². The molecule has 3 aliphatic heterocycles. The highest BCUT2D eigenvalue weighted by Crippen LogP contribution is 2.40. The highest BCUT2D eigenvalue weighted by Gasteiger charge is 2.40. The molecule has 0 bridgehead atoms. The van der Waals surface area contributed by atoms with Gasteiger partial charge in [-0.05, 0) is 36.6 Å². The smallest absolute Gasteiger partial charge is 0.241 e. The maximum absolute atomic E-state index is 13.8. The Morgan fingerprint density at radius 2 is 1.95 bits per heavy atom. The van der Waals surface area contributed by atoms with Crippen molar-refractivity contribution in [2.24, 2.45) is 5.92 Å². The molecule has 0 saturated carbocycles. The molecule has 2 aromatic rings. The summed E-state index contributed by atoms with van der Waals surface area (Å²) in [7, 11) is 0. The van der Waals surface area contributed by atoms with E-state index in [2.05, 4.69) is 42.9 Å². The quantitative estimate of drug-likeness (QED) is 0.651. The van der Waals surface area contributed by atoms with E-state index >= 15 is 0 Å². The van der Waals surface area contributed by atoms with Crippen molar-refractivity contribution in [3.8, 4) is 0 Å². The van der Waals surface area contributed by atoms with Crippen LogP contribution in [-0.2, 0) is 21.4 Å². The third kappa shape index (κ3) is 5.55. The van der Waals surface area contributed by atoms with E-state index in [0.29, 0.717) is 38.4 Å². The molecule has 0 radical (unpaired) electrons. The SMILES string of the molecule is C[C@H]1CC(=O)N(C[C@H]2CN[C@H](C)CN2CC(=O)N2CC(C)(C)c3cnc(Cc4ccc(F)cc4)cc32)C1. The van der Waals surface area contributed by atoms with Crippen LogP contribution in [0.15, 0.2) is 36.5 Å². The van der Waals surface area contributed by atoms with Crippen LogP contribution in [0.25, 0.3) is 0 Å². The minimum atomic E-state index is -0.256. The number of likely N-dealkylation sites (tertiary alicyclic amines) is 1. The average molecular weight is 508 g/mol. The number of hydrogen-bond donors (Lipinski definition) is 1. The Labute approximate surface area is 219 Å². The summed E-state index contributed by atoms with van der Waals surface area (Å²) in [6.07, 6.45) is 3.09. The van der Waals surface area contributed by atoms with Gasteiger partial charge in [-0.2, -0.15) is 0 Å². The van der Waals surface area contributed by atoms with Gasteiger partial charge < -0.3 is 15.1 Å². The van der Waals surface area contributed by atoms with Crippen LogP contribution in [0.4, 0.5) is 10.1 Å². The van der Waals surface area contributed by atoms with Gasteiger partial charge in [0, 0.05) is 80.5 Å². The van der Waals surface area contributed by atoms with Crippen molar-refractivity contribution >= 4 is 17.5 Å². The maximum atomic E-state index is 13.8. The molecule has 1 aromatic heterocycles. The van der Waals surface area contributed by atoms with Crippen molar-refractivity contribution in [2.75, 3.05) is 44.2 Å². The number of carbonyl (C=O) groups is 2. The second-order valence-corrected chi connectivity index (χ2v) is 11.9. The standard InChI is InChI=1S/C29H38FN5O2/c1-19-9-27(36)34(14-19)16-24-12-31-20(2)15-33(24)17-28(37)35-18-29(3,4)25-13-32-23(11-26(25)35)10-21-5-7-22(30)8-6-21/h5-8,11,13,19-20,24,31H,9-10,12,14-18H2,1-4H3/t19-,20+,24+/m0/s1. The van der Waals surface area contributed by atoms with Crippen LogP contribution in [0.3, 0.4) is 0 Å². The molecule has 1 aromatic carbocycles. The fourth-order valence-corrected chi connectivity index (χ4v) is 5.99. The van der Waals surface area contributed by atoms with E-state index in [0.717, 1.165) is 42.1 Å². The van der Waals surface area contributed by atoms with Crippen LogP contribution in [-0.4, -0.2) is 78.0 Å². The number of nitrogens with one attached hydrogen (secondary N) is 1. The van der Waals surface area contributed by atoms with E-state index < -0.39 is 0 Å². The zero-order chi connectivity index (χ0) is 26.3. The van der Waals surface area contributed by atoms with Crippen molar-refractivity contribution in [3.05, 3.63) is 59.2 Å². The molecular formula is C29H38FN5O2. The molecule has 0 spiro atoms. The van der Waals surface area contributed by atoms with E-state index in [1.807, 2.05) is 22.1 Å². The Kier molecular flexibility index (Phi) is 7.07. The number of nitrogens with zero attached hydrogens (tertiary/aromatic N) is 4. The lowest BCUT2D eigenvalue weighted by molar-refractivity contribution is -0.128. The molecular weight excluding hydrogens is 469 g/mol. The van der Waals surface area contributed by atoms with Crippen molar-refractivity contribution in [2.45, 2.75) is 58.0 Å². The summed E-state index contributed by atoms with van der Waals surface area (Å²) in [6.45, 7) is 12.5. The summed E-state index contributed by atoms with van der Waals surface area (Å²) < 4.78 is 13.3. The van der Waals surface area contributed by atoms with E-state index in [9.17, 15) is 14.0 Å². The molecule has 2 amide bonds. The molecule has 2 saturated heterocycles. The number of hydrogen-bond acceptors (Lipinski definition) is 5. The molecule has 198 valence electrons. The molecule has 8 heteroatoms. The van der Waals surface area contributed by atoms with Crippen LogP contribution >= 0.6 is 0 Å². The fraction of sp³-hybridized carbons (Fsp3) is 0.552. The van der Waals surface area contributed by atoms with Gasteiger partial charge in [0.2, 0.25) is 11.8 Å². The van der Waals surface area contributed by atoms with Crippen LogP contribution < -0.4 is 10.2 Å². The Morgan fingerprint density at radius 3 is 2.65 bits per heavy atom. The van der Waals surface area contributed by atoms with Crippen LogP contribution in [0.2, 0.25) is 0 Å². The first kappa shape index (κ1) is 25.8. The summed E-state index contributed by atoms with van der Waals surface area (Å²) >= 11 is 0. The number of amides is 2. The van der Waals surface area contributed by atoms with E-state index in [-0.39, 0.29) is 35.1 Å². The predicted octanol–water partition coefficient (Wildman–Crippen LogP) is 2.97. The largest absolute Gasteiger partial charge is 0.341 e. The molecule has 2 fully saturated rings. The number of rotatable bonds is 6. The number of piperazine rings is 1.